The lowest BCUT2D eigenvalue weighted by molar-refractivity contribution is -0.137. The second-order valence-electron chi connectivity index (χ2n) is 6.43. The van der Waals surface area contributed by atoms with Gasteiger partial charge in [-0.1, -0.05) is 36.4 Å². The lowest BCUT2D eigenvalue weighted by atomic mass is 10.2. The van der Waals surface area contributed by atoms with Crippen LogP contribution >= 0.6 is 11.6 Å². The van der Waals surface area contributed by atoms with Crippen LogP contribution < -0.4 is 5.32 Å². The fourth-order valence-corrected chi connectivity index (χ4v) is 2.83. The van der Waals surface area contributed by atoms with Crippen molar-refractivity contribution >= 4 is 30.1 Å². The van der Waals surface area contributed by atoms with Gasteiger partial charge in [0, 0.05) is 24.9 Å². The third-order valence-electron chi connectivity index (χ3n) is 4.28. The third kappa shape index (κ3) is 5.92. The number of carbonyl (C=O) groups excluding carboxylic acids is 2. The van der Waals surface area contributed by atoms with Crippen molar-refractivity contribution in [3.63, 3.8) is 0 Å². The summed E-state index contributed by atoms with van der Waals surface area (Å²) >= 11 is 5.74. The smallest absolute Gasteiger partial charge is 0.245 e. The third-order valence-corrected chi connectivity index (χ3v) is 4.57. The van der Waals surface area contributed by atoms with Crippen LogP contribution in [0.1, 0.15) is 25.3 Å². The first-order chi connectivity index (χ1) is 13.4. The number of halogens is 2. The molecule has 0 aliphatic heterocycles. The van der Waals surface area contributed by atoms with Crippen molar-refractivity contribution in [2.75, 3.05) is 13.1 Å². The zero-order chi connectivity index (χ0) is 20.7. The number of rotatable bonds is 10. The molecule has 0 spiro atoms. The van der Waals surface area contributed by atoms with Gasteiger partial charge >= 0.3 is 0 Å². The van der Waals surface area contributed by atoms with Crippen molar-refractivity contribution in [2.45, 2.75) is 32.4 Å². The summed E-state index contributed by atoms with van der Waals surface area (Å²) in [6.45, 7) is 8.97. The molecule has 0 unspecified atom stereocenters. The molecule has 1 aromatic rings. The molecule has 6 nitrogen and oxygen atoms in total. The van der Waals surface area contributed by atoms with Crippen LogP contribution in [0.25, 0.3) is 0 Å². The van der Waals surface area contributed by atoms with E-state index in [1.54, 1.807) is 24.3 Å². The van der Waals surface area contributed by atoms with Crippen LogP contribution in [0.4, 0.5) is 4.39 Å². The van der Waals surface area contributed by atoms with E-state index in [0.29, 0.717) is 5.70 Å². The summed E-state index contributed by atoms with van der Waals surface area (Å²) in [7, 11) is 0. The summed E-state index contributed by atoms with van der Waals surface area (Å²) in [6.07, 6.45) is 5.19. The maximum atomic E-state index is 13.9. The lowest BCUT2D eigenvalue weighted by Crippen LogP contribution is -2.45. The Morgan fingerprint density at radius 3 is 2.71 bits per heavy atom. The number of hydrazone groups is 1. The molecule has 0 aromatic heterocycles. The Kier molecular flexibility index (Phi) is 7.75. The van der Waals surface area contributed by atoms with Gasteiger partial charge in [-0.3, -0.25) is 14.6 Å². The standard InChI is InChI=1S/C20H24ClFN4O2/c1-4-6-14(2)26(23-3)13-19(28)25(16-9-10-16)12-18(27)24-11-15-7-5-8-17(21)20(15)22/h4-8,16H,2-3,9-13H2,1H3,(H,24,27)/b6-4-. The molecule has 2 amide bonds. The quantitative estimate of drug-likeness (QED) is 0.369. The van der Waals surface area contributed by atoms with Gasteiger partial charge in [-0.05, 0) is 31.9 Å². The number of nitrogens with zero attached hydrogens (tertiary/aromatic N) is 3. The van der Waals surface area contributed by atoms with Gasteiger partial charge < -0.3 is 10.2 Å². The first-order valence-electron chi connectivity index (χ1n) is 8.92. The Morgan fingerprint density at radius 2 is 2.11 bits per heavy atom. The highest BCUT2D eigenvalue weighted by Crippen LogP contribution is 2.27. The van der Waals surface area contributed by atoms with Gasteiger partial charge in [0.15, 0.2) is 0 Å². The van der Waals surface area contributed by atoms with Crippen molar-refractivity contribution in [3.05, 3.63) is 59.0 Å². The number of hydrogen-bond donors (Lipinski definition) is 1. The molecule has 2 rings (SSSR count). The van der Waals surface area contributed by atoms with E-state index >= 15 is 0 Å². The molecule has 0 bridgehead atoms. The van der Waals surface area contributed by atoms with Gasteiger partial charge in [0.25, 0.3) is 0 Å². The van der Waals surface area contributed by atoms with E-state index in [0.717, 1.165) is 12.8 Å². The molecular formula is C20H24ClFN4O2. The summed E-state index contributed by atoms with van der Waals surface area (Å²) in [4.78, 5) is 26.5. The predicted octanol–water partition coefficient (Wildman–Crippen LogP) is 3.09. The molecule has 1 saturated carbocycles. The number of hydrogen-bond acceptors (Lipinski definition) is 4. The Morgan fingerprint density at radius 1 is 1.39 bits per heavy atom. The van der Waals surface area contributed by atoms with Crippen LogP contribution in [0.3, 0.4) is 0 Å². The first kappa shape index (κ1) is 21.6. The monoisotopic (exact) mass is 406 g/mol. The minimum Gasteiger partial charge on any atom is -0.350 e. The Hall–Kier alpha value is -2.67. The van der Waals surface area contributed by atoms with Crippen molar-refractivity contribution in [1.29, 1.82) is 0 Å². The Bertz CT molecular complexity index is 792. The van der Waals surface area contributed by atoms with Gasteiger partial charge in [-0.15, -0.1) is 0 Å². The second-order valence-corrected chi connectivity index (χ2v) is 6.84. The Balaban J connectivity index is 1.95. The normalized spacial score (nSPS) is 13.2. The molecule has 0 atom stereocenters. The lowest BCUT2D eigenvalue weighted by Gasteiger charge is -2.25. The predicted molar refractivity (Wildman–Crippen MR) is 108 cm³/mol. The highest BCUT2D eigenvalue weighted by Gasteiger charge is 2.34. The Labute approximate surface area is 169 Å². The molecule has 1 aliphatic carbocycles. The minimum atomic E-state index is -0.560. The molecule has 1 aliphatic rings. The zero-order valence-corrected chi connectivity index (χ0v) is 16.6. The van der Waals surface area contributed by atoms with E-state index in [4.69, 9.17) is 11.6 Å². The highest BCUT2D eigenvalue weighted by atomic mass is 35.5. The van der Waals surface area contributed by atoms with Crippen LogP contribution in [0.15, 0.2) is 47.7 Å². The first-order valence-corrected chi connectivity index (χ1v) is 9.30. The molecule has 1 N–H and O–H groups in total. The van der Waals surface area contributed by atoms with Crippen molar-refractivity contribution in [2.24, 2.45) is 5.10 Å². The van der Waals surface area contributed by atoms with Gasteiger partial charge in [0.2, 0.25) is 11.8 Å². The van der Waals surface area contributed by atoms with E-state index in [-0.39, 0.29) is 48.1 Å². The van der Waals surface area contributed by atoms with E-state index in [2.05, 4.69) is 23.7 Å². The number of allylic oxidation sites excluding steroid dienone is 2. The maximum Gasteiger partial charge on any atom is 0.245 e. The van der Waals surface area contributed by atoms with Crippen LogP contribution in [-0.4, -0.2) is 47.6 Å². The van der Waals surface area contributed by atoms with Gasteiger partial charge in [0.05, 0.1) is 17.3 Å². The molecule has 1 aromatic carbocycles. The zero-order valence-electron chi connectivity index (χ0n) is 15.8. The number of nitrogens with one attached hydrogen (secondary N) is 1. The van der Waals surface area contributed by atoms with Gasteiger partial charge in [-0.25, -0.2) is 4.39 Å². The molecular weight excluding hydrogens is 383 g/mol. The average Bonchev–Trinajstić information content (AvgIpc) is 3.50. The largest absolute Gasteiger partial charge is 0.350 e. The summed E-state index contributed by atoms with van der Waals surface area (Å²) in [5.41, 5.74) is 0.817. The van der Waals surface area contributed by atoms with E-state index < -0.39 is 5.82 Å². The highest BCUT2D eigenvalue weighted by molar-refractivity contribution is 6.30. The van der Waals surface area contributed by atoms with Gasteiger partial charge in [0.1, 0.15) is 12.4 Å². The van der Waals surface area contributed by atoms with Crippen LogP contribution in [0.2, 0.25) is 5.02 Å². The molecule has 0 radical (unpaired) electrons. The number of carbonyl (C=O) groups is 2. The maximum absolute atomic E-state index is 13.9. The topological polar surface area (TPSA) is 65.0 Å². The van der Waals surface area contributed by atoms with E-state index in [1.807, 2.05) is 6.92 Å². The molecule has 150 valence electrons. The minimum absolute atomic E-state index is 0.0000849. The average molecular weight is 407 g/mol. The molecule has 0 heterocycles. The molecule has 28 heavy (non-hydrogen) atoms. The van der Waals surface area contributed by atoms with Crippen LogP contribution in [0.5, 0.6) is 0 Å². The molecule has 8 heteroatoms. The van der Waals surface area contributed by atoms with Crippen molar-refractivity contribution < 1.29 is 14.0 Å². The summed E-state index contributed by atoms with van der Waals surface area (Å²) in [5, 5.41) is 7.83. The van der Waals surface area contributed by atoms with E-state index in [9.17, 15) is 14.0 Å². The van der Waals surface area contributed by atoms with Crippen molar-refractivity contribution in [1.82, 2.24) is 15.2 Å². The number of amides is 2. The number of benzene rings is 1. The molecule has 1 fully saturated rings. The fourth-order valence-electron chi connectivity index (χ4n) is 2.64. The summed E-state index contributed by atoms with van der Waals surface area (Å²) in [5.74, 6) is -1.18. The molecule has 0 saturated heterocycles. The second kappa shape index (κ2) is 10.0. The fraction of sp³-hybridized carbons (Fsp3) is 0.350. The van der Waals surface area contributed by atoms with Crippen LogP contribution in [0, 0.1) is 5.82 Å². The summed E-state index contributed by atoms with van der Waals surface area (Å²) < 4.78 is 13.9. The van der Waals surface area contributed by atoms with E-state index in [1.165, 1.54) is 16.0 Å². The van der Waals surface area contributed by atoms with Crippen LogP contribution in [-0.2, 0) is 16.1 Å². The van der Waals surface area contributed by atoms with Crippen molar-refractivity contribution in [3.8, 4) is 0 Å². The SMILES string of the molecule is C=NN(CC(=O)N(CC(=O)NCc1cccc(Cl)c1F)C1CC1)C(=C)/C=C\C. The summed E-state index contributed by atoms with van der Waals surface area (Å²) in [6, 6.07) is 4.63. The van der Waals surface area contributed by atoms with Gasteiger partial charge in [-0.2, -0.15) is 5.10 Å².